The number of piperazine rings is 1. The maximum Gasteiger partial charge on any atom is 0.418 e. The van der Waals surface area contributed by atoms with Crippen molar-refractivity contribution in [1.29, 1.82) is 0 Å². The molecule has 0 radical (unpaired) electrons. The number of benzene rings is 1. The quantitative estimate of drug-likeness (QED) is 0.327. The molecule has 48 heavy (non-hydrogen) atoms. The highest BCUT2D eigenvalue weighted by atomic mass is 35.5. The first-order valence-corrected chi connectivity index (χ1v) is 16.6. The Hall–Kier alpha value is -3.30. The Bertz CT molecular complexity index is 1880. The molecule has 1 spiro atoms. The van der Waals surface area contributed by atoms with Crippen LogP contribution >= 0.6 is 11.6 Å². The Labute approximate surface area is 276 Å². The van der Waals surface area contributed by atoms with Crippen LogP contribution in [-0.4, -0.2) is 81.8 Å². The molecular weight excluding hydrogens is 664 g/mol. The number of nitrogens with one attached hydrogen (secondary N) is 1. The van der Waals surface area contributed by atoms with Gasteiger partial charge in [-0.15, -0.1) is 0 Å². The Balaban J connectivity index is 1.22. The SMILES string of the molecule is C[C@@H]1Oc2c(Cl)c(-c3nc(N)ccc3C(F)(F)F)c(F)c3nc(OC[C@@]45CCCN4C[C@@]4(CC4(F)F)C5)nc(c23)N2C[C@H]3CC[C@H](N3)[C@@H]12. The summed E-state index contributed by atoms with van der Waals surface area (Å²) in [5, 5.41) is 3.31. The summed E-state index contributed by atoms with van der Waals surface area (Å²) in [5.74, 6) is -3.93. The van der Waals surface area contributed by atoms with Gasteiger partial charge in [0.15, 0.2) is 11.6 Å². The second kappa shape index (κ2) is 9.90. The van der Waals surface area contributed by atoms with Crippen LogP contribution in [0.5, 0.6) is 11.8 Å². The first kappa shape index (κ1) is 30.7. The number of fused-ring (bicyclic) bond motifs is 6. The van der Waals surface area contributed by atoms with Gasteiger partial charge in [-0.2, -0.15) is 23.1 Å². The predicted molar refractivity (Wildman–Crippen MR) is 164 cm³/mol. The van der Waals surface area contributed by atoms with E-state index in [1.165, 1.54) is 0 Å². The molecule has 1 saturated carbocycles. The van der Waals surface area contributed by atoms with Gasteiger partial charge in [0.05, 0.1) is 44.2 Å². The van der Waals surface area contributed by atoms with E-state index in [0.29, 0.717) is 25.3 Å². The minimum Gasteiger partial charge on any atom is -0.486 e. The zero-order valence-corrected chi connectivity index (χ0v) is 26.6. The first-order chi connectivity index (χ1) is 22.7. The Morgan fingerprint density at radius 2 is 1.96 bits per heavy atom. The van der Waals surface area contributed by atoms with E-state index in [1.54, 1.807) is 0 Å². The lowest BCUT2D eigenvalue weighted by atomic mass is 9.89. The number of anilines is 2. The molecule has 7 heterocycles. The van der Waals surface area contributed by atoms with E-state index in [4.69, 9.17) is 31.8 Å². The molecule has 3 N–H and O–H groups in total. The van der Waals surface area contributed by atoms with Crippen molar-refractivity contribution in [3.05, 3.63) is 28.5 Å². The van der Waals surface area contributed by atoms with Gasteiger partial charge in [-0.3, -0.25) is 4.90 Å². The zero-order chi connectivity index (χ0) is 33.5. The van der Waals surface area contributed by atoms with Gasteiger partial charge < -0.3 is 25.4 Å². The Morgan fingerprint density at radius 3 is 2.71 bits per heavy atom. The Morgan fingerprint density at radius 1 is 1.17 bits per heavy atom. The molecule has 16 heteroatoms. The standard InChI is InChI=1S/C32H32ClF6N7O2/c1-14-25-17-5-3-15(41-17)9-46(25)27-20-24(22(34)19(21(33)26(20)48-14)23-16(32(37,38)39)4-6-18(40)42-23)43-28(44-27)47-13-30-7-2-8-45(30)12-29(10-30)11-31(29,35)36/h4,6,14-15,17,25,41H,2-3,5,7-13H2,1H3,(H2,40,42)/t14-,15+,17-,25+,29-,30-/m0/s1. The van der Waals surface area contributed by atoms with Crippen molar-refractivity contribution >= 4 is 34.1 Å². The number of pyridine rings is 1. The van der Waals surface area contributed by atoms with Crippen molar-refractivity contribution in [2.45, 2.75) is 87.3 Å². The van der Waals surface area contributed by atoms with Crippen LogP contribution in [0.4, 0.5) is 38.0 Å². The third kappa shape index (κ3) is 4.28. The molecule has 9 rings (SSSR count). The molecule has 9 nitrogen and oxygen atoms in total. The molecule has 2 aromatic heterocycles. The average Bonchev–Trinajstić information content (AvgIpc) is 3.33. The average molecular weight is 696 g/mol. The fourth-order valence-corrected chi connectivity index (χ4v) is 9.58. The number of halogens is 7. The van der Waals surface area contributed by atoms with Crippen molar-refractivity contribution < 1.29 is 35.8 Å². The third-order valence-electron chi connectivity index (χ3n) is 11.5. The first-order valence-electron chi connectivity index (χ1n) is 16.2. The molecule has 2 bridgehead atoms. The highest BCUT2D eigenvalue weighted by Crippen LogP contribution is 2.69. The van der Waals surface area contributed by atoms with Gasteiger partial charge in [-0.25, -0.2) is 18.2 Å². The Kier molecular flexibility index (Phi) is 6.34. The number of hydrogen-bond donors (Lipinski definition) is 2. The van der Waals surface area contributed by atoms with Gasteiger partial charge in [0.25, 0.3) is 5.92 Å². The molecule has 1 aliphatic carbocycles. The topological polar surface area (TPSA) is 102 Å². The smallest absolute Gasteiger partial charge is 0.418 e. The van der Waals surface area contributed by atoms with Crippen molar-refractivity contribution in [3.8, 4) is 23.0 Å². The van der Waals surface area contributed by atoms with Crippen LogP contribution in [0, 0.1) is 11.2 Å². The van der Waals surface area contributed by atoms with Crippen LogP contribution in [0.2, 0.25) is 5.02 Å². The van der Waals surface area contributed by atoms with Crippen molar-refractivity contribution in [2.24, 2.45) is 5.41 Å². The lowest BCUT2D eigenvalue weighted by molar-refractivity contribution is -0.137. The summed E-state index contributed by atoms with van der Waals surface area (Å²) in [4.78, 5) is 17.2. The van der Waals surface area contributed by atoms with Crippen LogP contribution in [0.15, 0.2) is 12.1 Å². The number of aromatic nitrogens is 3. The van der Waals surface area contributed by atoms with E-state index in [0.717, 1.165) is 31.4 Å². The predicted octanol–water partition coefficient (Wildman–Crippen LogP) is 5.82. The molecule has 5 aliphatic heterocycles. The number of rotatable bonds is 4. The normalized spacial score (nSPS) is 33.1. The van der Waals surface area contributed by atoms with E-state index in [-0.39, 0.29) is 72.6 Å². The van der Waals surface area contributed by atoms with Crippen molar-refractivity contribution in [2.75, 3.05) is 36.9 Å². The monoisotopic (exact) mass is 695 g/mol. The van der Waals surface area contributed by atoms with Gasteiger partial charge in [0.2, 0.25) is 0 Å². The summed E-state index contributed by atoms with van der Waals surface area (Å²) in [6.45, 7) is 3.29. The molecule has 0 amide bonds. The van der Waals surface area contributed by atoms with Gasteiger partial charge in [0, 0.05) is 31.6 Å². The van der Waals surface area contributed by atoms with Gasteiger partial charge in [0.1, 0.15) is 29.9 Å². The molecule has 4 saturated heterocycles. The highest BCUT2D eigenvalue weighted by Gasteiger charge is 2.77. The molecule has 1 aromatic carbocycles. The summed E-state index contributed by atoms with van der Waals surface area (Å²) in [6.07, 6.45) is -2.11. The summed E-state index contributed by atoms with van der Waals surface area (Å²) < 4.78 is 101. The molecule has 6 aliphatic rings. The van der Waals surface area contributed by atoms with E-state index in [1.807, 2.05) is 11.8 Å². The number of hydrogen-bond acceptors (Lipinski definition) is 9. The summed E-state index contributed by atoms with van der Waals surface area (Å²) in [5.41, 5.74) is 1.05. The van der Waals surface area contributed by atoms with E-state index in [2.05, 4.69) is 20.2 Å². The maximum absolute atomic E-state index is 16.9. The molecule has 6 atom stereocenters. The summed E-state index contributed by atoms with van der Waals surface area (Å²) in [7, 11) is 0. The molecule has 0 unspecified atom stereocenters. The van der Waals surface area contributed by atoms with Gasteiger partial charge >= 0.3 is 12.2 Å². The number of nitrogen functional groups attached to an aromatic ring is 1. The fourth-order valence-electron chi connectivity index (χ4n) is 9.27. The molecule has 256 valence electrons. The molecular formula is C32H32ClF6N7O2. The highest BCUT2D eigenvalue weighted by molar-refractivity contribution is 6.36. The second-order valence-electron chi connectivity index (χ2n) is 14.4. The van der Waals surface area contributed by atoms with Gasteiger partial charge in [-0.1, -0.05) is 11.6 Å². The summed E-state index contributed by atoms with van der Waals surface area (Å²) >= 11 is 6.82. The van der Waals surface area contributed by atoms with Crippen molar-refractivity contribution in [3.63, 3.8) is 0 Å². The number of nitrogens with two attached hydrogens (primary N) is 1. The van der Waals surface area contributed by atoms with Crippen molar-refractivity contribution in [1.82, 2.24) is 25.2 Å². The van der Waals surface area contributed by atoms with Gasteiger partial charge in [-0.05, 0) is 57.7 Å². The lowest BCUT2D eigenvalue weighted by Gasteiger charge is -2.43. The van der Waals surface area contributed by atoms with E-state index >= 15 is 4.39 Å². The number of alkyl halides is 5. The third-order valence-corrected chi connectivity index (χ3v) is 11.9. The molecule has 3 aromatic rings. The zero-order valence-electron chi connectivity index (χ0n) is 25.8. The fraction of sp³-hybridized carbons (Fsp3) is 0.594. The van der Waals surface area contributed by atoms with Crippen LogP contribution in [-0.2, 0) is 6.18 Å². The second-order valence-corrected chi connectivity index (χ2v) is 14.8. The molecule has 5 fully saturated rings. The minimum atomic E-state index is -4.91. The number of ether oxygens (including phenoxy) is 2. The minimum absolute atomic E-state index is 0.00113. The van der Waals surface area contributed by atoms with Crippen LogP contribution in [0.1, 0.15) is 51.0 Å². The summed E-state index contributed by atoms with van der Waals surface area (Å²) in [6, 6.07) is 1.34. The largest absolute Gasteiger partial charge is 0.486 e. The number of nitrogens with zero attached hydrogens (tertiary/aromatic N) is 5. The lowest BCUT2D eigenvalue weighted by Crippen LogP contribution is -2.62. The van der Waals surface area contributed by atoms with E-state index < -0.39 is 56.8 Å². The van der Waals surface area contributed by atoms with Crippen LogP contribution < -0.4 is 25.4 Å². The van der Waals surface area contributed by atoms with Crippen LogP contribution in [0.3, 0.4) is 0 Å². The van der Waals surface area contributed by atoms with E-state index in [9.17, 15) is 22.0 Å². The van der Waals surface area contributed by atoms with Crippen LogP contribution in [0.25, 0.3) is 22.2 Å². The maximum atomic E-state index is 16.9.